The molecule has 1 aromatic carbocycles. The topological polar surface area (TPSA) is 30.0 Å². The van der Waals surface area contributed by atoms with E-state index in [-0.39, 0.29) is 0 Å². The van der Waals surface area contributed by atoms with E-state index in [2.05, 4.69) is 10.4 Å². The lowest BCUT2D eigenvalue weighted by Crippen LogP contribution is -1.82. The van der Waals surface area contributed by atoms with Gasteiger partial charge in [0, 0.05) is 22.4 Å². The Morgan fingerprint density at radius 2 is 2.00 bits per heavy atom. The summed E-state index contributed by atoms with van der Waals surface area (Å²) in [7, 11) is 0. The van der Waals surface area contributed by atoms with Crippen molar-refractivity contribution in [3.63, 3.8) is 0 Å². The average molecular weight is 229 g/mol. The van der Waals surface area contributed by atoms with E-state index in [9.17, 15) is 4.79 Å². The average Bonchev–Trinajstić information content (AvgIpc) is 3.08. The third-order valence-corrected chi connectivity index (χ3v) is 3.72. The predicted octanol–water partition coefficient (Wildman–Crippen LogP) is 3.50. The summed E-state index contributed by atoms with van der Waals surface area (Å²) in [5.74, 6) is 0.708. The molecule has 0 aliphatic heterocycles. The standard InChI is InChI=1S/C13H11NOS/c15-7-9-1-3-11(4-2-9)13-14-12(8-16-13)10-5-6-10/h1-4,7-8,10H,5-6H2. The van der Waals surface area contributed by atoms with Crippen molar-refractivity contribution in [2.75, 3.05) is 0 Å². The second kappa shape index (κ2) is 3.83. The molecule has 0 atom stereocenters. The fraction of sp³-hybridized carbons (Fsp3) is 0.231. The molecule has 1 heterocycles. The molecule has 0 radical (unpaired) electrons. The maximum absolute atomic E-state index is 10.5. The predicted molar refractivity (Wildman–Crippen MR) is 64.9 cm³/mol. The highest BCUT2D eigenvalue weighted by molar-refractivity contribution is 7.13. The highest BCUT2D eigenvalue weighted by Gasteiger charge is 2.26. The van der Waals surface area contributed by atoms with Gasteiger partial charge in [-0.05, 0) is 12.8 Å². The van der Waals surface area contributed by atoms with E-state index in [4.69, 9.17) is 0 Å². The fourth-order valence-corrected chi connectivity index (χ4v) is 2.60. The monoisotopic (exact) mass is 229 g/mol. The van der Waals surface area contributed by atoms with Crippen LogP contribution in [0.2, 0.25) is 0 Å². The third-order valence-electron chi connectivity index (χ3n) is 2.81. The molecule has 0 unspecified atom stereocenters. The second-order valence-electron chi connectivity index (χ2n) is 4.09. The lowest BCUT2D eigenvalue weighted by molar-refractivity contribution is 0.112. The fourth-order valence-electron chi connectivity index (χ4n) is 1.69. The molecule has 80 valence electrons. The molecule has 0 N–H and O–H groups in total. The molecule has 3 heteroatoms. The second-order valence-corrected chi connectivity index (χ2v) is 4.95. The molecule has 16 heavy (non-hydrogen) atoms. The highest BCUT2D eigenvalue weighted by Crippen LogP contribution is 2.41. The van der Waals surface area contributed by atoms with Crippen molar-refractivity contribution < 1.29 is 4.79 Å². The zero-order valence-corrected chi connectivity index (χ0v) is 9.54. The summed E-state index contributed by atoms with van der Waals surface area (Å²) in [6, 6.07) is 7.58. The van der Waals surface area contributed by atoms with E-state index in [1.165, 1.54) is 18.5 Å². The molecule has 1 aliphatic rings. The first-order valence-corrected chi connectivity index (χ1v) is 6.26. The van der Waals surface area contributed by atoms with Crippen LogP contribution in [-0.2, 0) is 0 Å². The summed E-state index contributed by atoms with van der Waals surface area (Å²) in [6.45, 7) is 0. The van der Waals surface area contributed by atoms with Gasteiger partial charge in [-0.2, -0.15) is 0 Å². The number of carbonyl (C=O) groups is 1. The number of aldehydes is 1. The maximum atomic E-state index is 10.5. The number of thiazole rings is 1. The first kappa shape index (κ1) is 9.73. The van der Waals surface area contributed by atoms with Crippen LogP contribution in [0.25, 0.3) is 10.6 Å². The maximum Gasteiger partial charge on any atom is 0.150 e. The molecule has 2 aromatic rings. The van der Waals surface area contributed by atoms with E-state index in [0.29, 0.717) is 11.5 Å². The minimum absolute atomic E-state index is 0.708. The van der Waals surface area contributed by atoms with Crippen molar-refractivity contribution in [2.24, 2.45) is 0 Å². The summed E-state index contributed by atoms with van der Waals surface area (Å²) in [5.41, 5.74) is 3.05. The Morgan fingerprint density at radius 3 is 2.62 bits per heavy atom. The Bertz CT molecular complexity index is 511. The Hall–Kier alpha value is -1.48. The van der Waals surface area contributed by atoms with Gasteiger partial charge >= 0.3 is 0 Å². The van der Waals surface area contributed by atoms with Crippen LogP contribution in [0.15, 0.2) is 29.6 Å². The third kappa shape index (κ3) is 1.78. The smallest absolute Gasteiger partial charge is 0.150 e. The molecular weight excluding hydrogens is 218 g/mol. The zero-order valence-electron chi connectivity index (χ0n) is 8.72. The van der Waals surface area contributed by atoms with Crippen LogP contribution in [0.5, 0.6) is 0 Å². The Balaban J connectivity index is 1.91. The van der Waals surface area contributed by atoms with Gasteiger partial charge in [0.2, 0.25) is 0 Å². The number of nitrogens with zero attached hydrogens (tertiary/aromatic N) is 1. The van der Waals surface area contributed by atoms with Crippen LogP contribution in [-0.4, -0.2) is 11.3 Å². The SMILES string of the molecule is O=Cc1ccc(-c2nc(C3CC3)cs2)cc1. The molecule has 0 spiro atoms. The number of rotatable bonds is 3. The van der Waals surface area contributed by atoms with E-state index in [1.54, 1.807) is 11.3 Å². The Labute approximate surface area is 98.0 Å². The van der Waals surface area contributed by atoms with Crippen molar-refractivity contribution >= 4 is 17.6 Å². The number of hydrogen-bond donors (Lipinski definition) is 0. The molecule has 0 amide bonds. The highest BCUT2D eigenvalue weighted by atomic mass is 32.1. The van der Waals surface area contributed by atoms with Crippen LogP contribution in [0.4, 0.5) is 0 Å². The number of benzene rings is 1. The van der Waals surface area contributed by atoms with Gasteiger partial charge in [0.25, 0.3) is 0 Å². The molecule has 3 rings (SSSR count). The molecule has 1 fully saturated rings. The van der Waals surface area contributed by atoms with E-state index < -0.39 is 0 Å². The quantitative estimate of drug-likeness (QED) is 0.754. The zero-order chi connectivity index (χ0) is 11.0. The molecule has 1 aromatic heterocycles. The summed E-state index contributed by atoms with van der Waals surface area (Å²) in [5, 5.41) is 3.21. The van der Waals surface area contributed by atoms with Gasteiger partial charge in [0.15, 0.2) is 0 Å². The van der Waals surface area contributed by atoms with Gasteiger partial charge in [0.05, 0.1) is 5.69 Å². The van der Waals surface area contributed by atoms with Crippen LogP contribution in [0.1, 0.15) is 34.8 Å². The Kier molecular flexibility index (Phi) is 2.33. The van der Waals surface area contributed by atoms with Crippen LogP contribution < -0.4 is 0 Å². The lowest BCUT2D eigenvalue weighted by atomic mass is 10.1. The first-order chi connectivity index (χ1) is 7.86. The molecule has 1 aliphatic carbocycles. The largest absolute Gasteiger partial charge is 0.298 e. The van der Waals surface area contributed by atoms with E-state index in [1.807, 2.05) is 24.3 Å². The van der Waals surface area contributed by atoms with Gasteiger partial charge in [0.1, 0.15) is 11.3 Å². The van der Waals surface area contributed by atoms with Gasteiger partial charge < -0.3 is 0 Å². The minimum Gasteiger partial charge on any atom is -0.298 e. The lowest BCUT2D eigenvalue weighted by Gasteiger charge is -1.96. The van der Waals surface area contributed by atoms with Gasteiger partial charge in [-0.3, -0.25) is 4.79 Å². The number of aromatic nitrogens is 1. The summed E-state index contributed by atoms with van der Waals surface area (Å²) < 4.78 is 0. The Morgan fingerprint density at radius 1 is 1.25 bits per heavy atom. The van der Waals surface area contributed by atoms with Gasteiger partial charge in [-0.1, -0.05) is 24.3 Å². The first-order valence-electron chi connectivity index (χ1n) is 5.38. The van der Waals surface area contributed by atoms with Gasteiger partial charge in [-0.15, -0.1) is 11.3 Å². The molecule has 2 nitrogen and oxygen atoms in total. The van der Waals surface area contributed by atoms with Crippen molar-refractivity contribution in [3.8, 4) is 10.6 Å². The normalized spacial score (nSPS) is 15.0. The van der Waals surface area contributed by atoms with E-state index in [0.717, 1.165) is 16.9 Å². The van der Waals surface area contributed by atoms with Crippen LogP contribution in [0, 0.1) is 0 Å². The molecule has 0 bridgehead atoms. The summed E-state index contributed by atoms with van der Waals surface area (Å²) in [6.07, 6.45) is 3.43. The molecule has 1 saturated carbocycles. The number of carbonyl (C=O) groups excluding carboxylic acids is 1. The van der Waals surface area contributed by atoms with E-state index >= 15 is 0 Å². The summed E-state index contributed by atoms with van der Waals surface area (Å²) in [4.78, 5) is 15.2. The van der Waals surface area contributed by atoms with Crippen LogP contribution >= 0.6 is 11.3 Å². The molecular formula is C13H11NOS. The minimum atomic E-state index is 0.708. The van der Waals surface area contributed by atoms with Crippen molar-refractivity contribution in [1.82, 2.24) is 4.98 Å². The van der Waals surface area contributed by atoms with Crippen LogP contribution in [0.3, 0.4) is 0 Å². The van der Waals surface area contributed by atoms with Gasteiger partial charge in [-0.25, -0.2) is 4.98 Å². The summed E-state index contributed by atoms with van der Waals surface area (Å²) >= 11 is 1.68. The number of hydrogen-bond acceptors (Lipinski definition) is 3. The van der Waals surface area contributed by atoms with Crippen molar-refractivity contribution in [2.45, 2.75) is 18.8 Å². The van der Waals surface area contributed by atoms with Crippen molar-refractivity contribution in [1.29, 1.82) is 0 Å². The van der Waals surface area contributed by atoms with Crippen molar-refractivity contribution in [3.05, 3.63) is 40.9 Å². The molecule has 0 saturated heterocycles.